The first-order valence-electron chi connectivity index (χ1n) is 10.2. The molecule has 3 aliphatic carbocycles. The van der Waals surface area contributed by atoms with Crippen LogP contribution in [-0.2, 0) is 19.1 Å². The van der Waals surface area contributed by atoms with Gasteiger partial charge in [0.25, 0.3) is 0 Å². The molecule has 4 aliphatic rings. The molecule has 2 N–H and O–H groups in total. The standard InChI is InChI=1S/C23H24N2O4/c1-23-5-4-12-7-15-17(26)8-14(22(24)28)9-19(15)29-21(12)16(23)10-18(27)20(23)13-3-2-6-25-11-13/h2-3,6-7,11,14,16,20-21H,4-5,8-10H2,1H3,(H2,24,28)/t14?,16-,20-,21+,23-/m0/s1. The van der Waals surface area contributed by atoms with Crippen LogP contribution in [0.3, 0.4) is 0 Å². The molecule has 0 aromatic carbocycles. The maximum Gasteiger partial charge on any atom is 0.221 e. The van der Waals surface area contributed by atoms with E-state index in [0.29, 0.717) is 24.2 Å². The van der Waals surface area contributed by atoms with Crippen molar-refractivity contribution in [2.75, 3.05) is 0 Å². The van der Waals surface area contributed by atoms with Crippen molar-refractivity contribution in [3.05, 3.63) is 53.1 Å². The summed E-state index contributed by atoms with van der Waals surface area (Å²) in [6.07, 6.45) is 7.88. The van der Waals surface area contributed by atoms with E-state index in [1.54, 1.807) is 12.4 Å². The summed E-state index contributed by atoms with van der Waals surface area (Å²) in [6.45, 7) is 2.18. The van der Waals surface area contributed by atoms with Crippen LogP contribution < -0.4 is 5.73 Å². The van der Waals surface area contributed by atoms with Crippen molar-refractivity contribution in [2.45, 2.75) is 51.0 Å². The van der Waals surface area contributed by atoms with Gasteiger partial charge in [-0.05, 0) is 41.5 Å². The maximum atomic E-state index is 13.1. The first-order valence-corrected chi connectivity index (χ1v) is 10.2. The van der Waals surface area contributed by atoms with Crippen molar-refractivity contribution >= 4 is 17.5 Å². The van der Waals surface area contributed by atoms with Crippen LogP contribution in [0, 0.1) is 17.3 Å². The van der Waals surface area contributed by atoms with Crippen molar-refractivity contribution in [3.8, 4) is 0 Å². The summed E-state index contributed by atoms with van der Waals surface area (Å²) in [4.78, 5) is 41.5. The topological polar surface area (TPSA) is 99.4 Å². The summed E-state index contributed by atoms with van der Waals surface area (Å²) >= 11 is 0. The molecule has 0 radical (unpaired) electrons. The molecule has 6 heteroatoms. The van der Waals surface area contributed by atoms with Gasteiger partial charge < -0.3 is 10.5 Å². The number of carbonyl (C=O) groups excluding carboxylic acids is 3. The Morgan fingerprint density at radius 3 is 2.83 bits per heavy atom. The number of nitrogens with zero attached hydrogens (tertiary/aromatic N) is 1. The van der Waals surface area contributed by atoms with Gasteiger partial charge in [-0.2, -0.15) is 0 Å². The quantitative estimate of drug-likeness (QED) is 0.834. The molecule has 2 fully saturated rings. The molecule has 1 amide bonds. The second kappa shape index (κ2) is 6.37. The number of pyridine rings is 1. The van der Waals surface area contributed by atoms with Crippen LogP contribution in [0.1, 0.15) is 50.5 Å². The Balaban J connectivity index is 1.49. The highest BCUT2D eigenvalue weighted by atomic mass is 16.5. The zero-order valence-electron chi connectivity index (χ0n) is 16.4. The fourth-order valence-electron chi connectivity index (χ4n) is 5.88. The van der Waals surface area contributed by atoms with Gasteiger partial charge in [-0.25, -0.2) is 0 Å². The number of ether oxygens (including phenoxy) is 1. The third kappa shape index (κ3) is 2.69. The van der Waals surface area contributed by atoms with Crippen molar-refractivity contribution in [1.82, 2.24) is 4.98 Å². The largest absolute Gasteiger partial charge is 0.489 e. The van der Waals surface area contributed by atoms with Gasteiger partial charge in [-0.3, -0.25) is 19.4 Å². The lowest BCUT2D eigenvalue weighted by Gasteiger charge is -2.47. The molecule has 1 aromatic rings. The van der Waals surface area contributed by atoms with Gasteiger partial charge in [-0.15, -0.1) is 0 Å². The summed E-state index contributed by atoms with van der Waals surface area (Å²) in [6, 6.07) is 3.85. The Bertz CT molecular complexity index is 980. The number of nitrogens with two attached hydrogens (primary N) is 1. The van der Waals surface area contributed by atoms with Gasteiger partial charge in [0.2, 0.25) is 5.91 Å². The zero-order valence-corrected chi connectivity index (χ0v) is 16.4. The molecule has 5 atom stereocenters. The molecule has 1 unspecified atom stereocenters. The lowest BCUT2D eigenvalue weighted by atomic mass is 9.61. The summed E-state index contributed by atoms with van der Waals surface area (Å²) in [5.74, 6) is -0.411. The SMILES string of the molecule is C[C@]12CCC3=CC4=C(CC(C(N)=O)CC4=O)O[C@H]3[C@@H]1CC(=O)[C@@H]2c1cccnc1. The molecule has 1 aliphatic heterocycles. The smallest absolute Gasteiger partial charge is 0.221 e. The minimum Gasteiger partial charge on any atom is -0.489 e. The number of hydrogen-bond acceptors (Lipinski definition) is 5. The van der Waals surface area contributed by atoms with Crippen molar-refractivity contribution in [2.24, 2.45) is 23.0 Å². The van der Waals surface area contributed by atoms with Crippen LogP contribution in [0.2, 0.25) is 0 Å². The number of primary amides is 1. The molecule has 1 aromatic heterocycles. The van der Waals surface area contributed by atoms with Gasteiger partial charge in [0.05, 0.1) is 11.5 Å². The molecule has 5 rings (SSSR count). The number of fused-ring (bicyclic) bond motifs is 3. The highest BCUT2D eigenvalue weighted by Gasteiger charge is 2.58. The van der Waals surface area contributed by atoms with Crippen LogP contribution in [0.4, 0.5) is 0 Å². The minimum atomic E-state index is -0.514. The van der Waals surface area contributed by atoms with Crippen LogP contribution >= 0.6 is 0 Å². The van der Waals surface area contributed by atoms with Gasteiger partial charge in [0, 0.05) is 43.5 Å². The monoisotopic (exact) mass is 392 g/mol. The first-order chi connectivity index (χ1) is 13.9. The van der Waals surface area contributed by atoms with E-state index in [0.717, 1.165) is 24.0 Å². The summed E-state index contributed by atoms with van der Waals surface area (Å²) < 4.78 is 6.37. The Hall–Kier alpha value is -2.76. The third-order valence-corrected chi connectivity index (χ3v) is 7.42. The highest BCUT2D eigenvalue weighted by Crippen LogP contribution is 2.60. The summed E-state index contributed by atoms with van der Waals surface area (Å²) in [5.41, 5.74) is 7.88. The van der Waals surface area contributed by atoms with Gasteiger partial charge >= 0.3 is 0 Å². The third-order valence-electron chi connectivity index (χ3n) is 7.42. The molecular formula is C23H24N2O4. The average Bonchev–Trinajstić information content (AvgIpc) is 2.98. The lowest BCUT2D eigenvalue weighted by molar-refractivity contribution is -0.127. The van der Waals surface area contributed by atoms with E-state index in [1.807, 2.05) is 18.2 Å². The van der Waals surface area contributed by atoms with Crippen molar-refractivity contribution < 1.29 is 19.1 Å². The number of aromatic nitrogens is 1. The second-order valence-electron chi connectivity index (χ2n) is 9.03. The van der Waals surface area contributed by atoms with Crippen LogP contribution in [0.25, 0.3) is 0 Å². The molecular weight excluding hydrogens is 368 g/mol. The molecule has 6 nitrogen and oxygen atoms in total. The average molecular weight is 392 g/mol. The fraction of sp³-hybridized carbons (Fsp3) is 0.478. The second-order valence-corrected chi connectivity index (χ2v) is 9.03. The predicted octanol–water partition coefficient (Wildman–Crippen LogP) is 2.60. The minimum absolute atomic E-state index is 0.0401. The number of hydrogen-bond donors (Lipinski definition) is 1. The van der Waals surface area contributed by atoms with Gasteiger partial charge in [0.15, 0.2) is 5.78 Å². The van der Waals surface area contributed by atoms with Gasteiger partial charge in [-0.1, -0.05) is 13.0 Å². The number of ketones is 2. The number of carbonyl (C=O) groups is 3. The number of allylic oxidation sites excluding steroid dienone is 3. The zero-order chi connectivity index (χ0) is 20.3. The predicted molar refractivity (Wildman–Crippen MR) is 104 cm³/mol. The van der Waals surface area contributed by atoms with E-state index in [4.69, 9.17) is 10.5 Å². The molecule has 150 valence electrons. The van der Waals surface area contributed by atoms with Crippen molar-refractivity contribution in [3.63, 3.8) is 0 Å². The van der Waals surface area contributed by atoms with Crippen LogP contribution in [0.15, 0.2) is 47.5 Å². The number of rotatable bonds is 2. The Morgan fingerprint density at radius 2 is 2.10 bits per heavy atom. The highest BCUT2D eigenvalue weighted by molar-refractivity contribution is 6.02. The maximum absolute atomic E-state index is 13.1. The molecule has 0 saturated heterocycles. The fourth-order valence-corrected chi connectivity index (χ4v) is 5.88. The molecule has 2 saturated carbocycles. The number of Topliss-reactive ketones (excluding diaryl/α,β-unsaturated/α-hetero) is 2. The Kier molecular flexibility index (Phi) is 4.02. The van der Waals surface area contributed by atoms with E-state index in [1.165, 1.54) is 0 Å². The molecule has 2 heterocycles. The Labute approximate surface area is 169 Å². The molecule has 0 bridgehead atoms. The summed E-state index contributed by atoms with van der Waals surface area (Å²) in [5, 5.41) is 0. The van der Waals surface area contributed by atoms with E-state index in [2.05, 4.69) is 11.9 Å². The number of amides is 1. The van der Waals surface area contributed by atoms with E-state index in [9.17, 15) is 14.4 Å². The van der Waals surface area contributed by atoms with Crippen molar-refractivity contribution in [1.29, 1.82) is 0 Å². The van der Waals surface area contributed by atoms with E-state index in [-0.39, 0.29) is 41.3 Å². The molecule has 0 spiro atoms. The first kappa shape index (κ1) is 18.3. The molecule has 29 heavy (non-hydrogen) atoms. The van der Waals surface area contributed by atoms with Crippen LogP contribution in [-0.4, -0.2) is 28.6 Å². The van der Waals surface area contributed by atoms with Crippen LogP contribution in [0.5, 0.6) is 0 Å². The van der Waals surface area contributed by atoms with E-state index >= 15 is 0 Å². The Morgan fingerprint density at radius 1 is 1.28 bits per heavy atom. The summed E-state index contributed by atoms with van der Waals surface area (Å²) in [7, 11) is 0. The van der Waals surface area contributed by atoms with Gasteiger partial charge in [0.1, 0.15) is 17.6 Å². The lowest BCUT2D eigenvalue weighted by Crippen LogP contribution is -2.44. The normalized spacial score (nSPS) is 36.0. The van der Waals surface area contributed by atoms with E-state index < -0.39 is 11.8 Å².